The normalized spacial score (nSPS) is 10.6. The maximum atomic E-state index is 11.9. The molecule has 2 aromatic rings. The van der Waals surface area contributed by atoms with Crippen LogP contribution in [0.15, 0.2) is 48.5 Å². The second-order valence-corrected chi connectivity index (χ2v) is 4.99. The molecule has 5 heteroatoms. The van der Waals surface area contributed by atoms with E-state index in [-0.39, 0.29) is 11.6 Å². The van der Waals surface area contributed by atoms with Gasteiger partial charge in [0.15, 0.2) is 0 Å². The number of anilines is 1. The van der Waals surface area contributed by atoms with E-state index in [1.807, 2.05) is 31.2 Å². The number of hydrogen-bond acceptors (Lipinski definition) is 3. The van der Waals surface area contributed by atoms with E-state index in [0.29, 0.717) is 11.3 Å². The molecule has 2 rings (SSSR count). The first kappa shape index (κ1) is 15.4. The molecule has 2 aromatic carbocycles. The Morgan fingerprint density at radius 2 is 1.82 bits per heavy atom. The third-order valence-corrected chi connectivity index (χ3v) is 3.17. The number of nitrogens with zero attached hydrogens (tertiary/aromatic N) is 1. The first-order valence-corrected chi connectivity index (χ1v) is 6.76. The Bertz CT molecular complexity index is 734. The van der Waals surface area contributed by atoms with E-state index in [2.05, 4.69) is 5.32 Å². The smallest absolute Gasteiger partial charge is 0.272 e. The summed E-state index contributed by atoms with van der Waals surface area (Å²) in [6.07, 6.45) is 3.15. The molecule has 0 saturated heterocycles. The van der Waals surface area contributed by atoms with E-state index < -0.39 is 4.92 Å². The standard InChI is InChI=1S/C17H16N2O3/c1-12-3-5-14(6-4-12)7-10-17(20)18-15-8-9-16(19(21)22)13(2)11-15/h3-11H,1-2H3,(H,18,20)/b10-7+. The molecular formula is C17H16N2O3. The molecular weight excluding hydrogens is 280 g/mol. The summed E-state index contributed by atoms with van der Waals surface area (Å²) < 4.78 is 0. The molecule has 0 heterocycles. The molecule has 5 nitrogen and oxygen atoms in total. The van der Waals surface area contributed by atoms with E-state index in [9.17, 15) is 14.9 Å². The number of nitrogens with one attached hydrogen (secondary N) is 1. The van der Waals surface area contributed by atoms with Gasteiger partial charge in [-0.1, -0.05) is 29.8 Å². The number of hydrogen-bond donors (Lipinski definition) is 1. The van der Waals surface area contributed by atoms with Gasteiger partial charge in [-0.3, -0.25) is 14.9 Å². The van der Waals surface area contributed by atoms with Crippen molar-refractivity contribution < 1.29 is 9.72 Å². The summed E-state index contributed by atoms with van der Waals surface area (Å²) in [6, 6.07) is 12.3. The van der Waals surface area contributed by atoms with Crippen molar-refractivity contribution in [2.75, 3.05) is 5.32 Å². The van der Waals surface area contributed by atoms with Crippen LogP contribution in [0.5, 0.6) is 0 Å². The third-order valence-electron chi connectivity index (χ3n) is 3.17. The number of aryl methyl sites for hydroxylation is 2. The van der Waals surface area contributed by atoms with Crippen molar-refractivity contribution in [3.8, 4) is 0 Å². The Morgan fingerprint density at radius 3 is 2.41 bits per heavy atom. The summed E-state index contributed by atoms with van der Waals surface area (Å²) in [5, 5.41) is 13.4. The van der Waals surface area contributed by atoms with Gasteiger partial charge in [0.25, 0.3) is 5.69 Å². The lowest BCUT2D eigenvalue weighted by Gasteiger charge is -2.04. The van der Waals surface area contributed by atoms with Gasteiger partial charge >= 0.3 is 0 Å². The van der Waals surface area contributed by atoms with Crippen LogP contribution in [-0.4, -0.2) is 10.8 Å². The highest BCUT2D eigenvalue weighted by Crippen LogP contribution is 2.21. The molecule has 0 saturated carbocycles. The summed E-state index contributed by atoms with van der Waals surface area (Å²) in [6.45, 7) is 3.63. The molecule has 22 heavy (non-hydrogen) atoms. The van der Waals surface area contributed by atoms with Gasteiger partial charge in [0.1, 0.15) is 0 Å². The lowest BCUT2D eigenvalue weighted by molar-refractivity contribution is -0.385. The van der Waals surface area contributed by atoms with Gasteiger partial charge in [-0.25, -0.2) is 0 Å². The van der Waals surface area contributed by atoms with Crippen molar-refractivity contribution in [2.24, 2.45) is 0 Å². The summed E-state index contributed by atoms with van der Waals surface area (Å²) in [5.41, 5.74) is 3.16. The van der Waals surface area contributed by atoms with Gasteiger partial charge in [-0.05, 0) is 37.6 Å². The first-order valence-electron chi connectivity index (χ1n) is 6.76. The fourth-order valence-corrected chi connectivity index (χ4v) is 1.97. The largest absolute Gasteiger partial charge is 0.322 e. The molecule has 0 aromatic heterocycles. The van der Waals surface area contributed by atoms with Crippen LogP contribution in [0.25, 0.3) is 6.08 Å². The van der Waals surface area contributed by atoms with Crippen molar-refractivity contribution in [3.63, 3.8) is 0 Å². The average molecular weight is 296 g/mol. The highest BCUT2D eigenvalue weighted by atomic mass is 16.6. The maximum absolute atomic E-state index is 11.9. The van der Waals surface area contributed by atoms with Crippen LogP contribution >= 0.6 is 0 Å². The number of nitro benzene ring substituents is 1. The van der Waals surface area contributed by atoms with E-state index in [1.54, 1.807) is 19.1 Å². The fourth-order valence-electron chi connectivity index (χ4n) is 1.97. The molecule has 0 fully saturated rings. The molecule has 112 valence electrons. The number of amides is 1. The Hall–Kier alpha value is -2.95. The van der Waals surface area contributed by atoms with Gasteiger partial charge < -0.3 is 5.32 Å². The number of nitro groups is 1. The quantitative estimate of drug-likeness (QED) is 0.529. The molecule has 0 aliphatic rings. The van der Waals surface area contributed by atoms with Crippen molar-refractivity contribution in [1.82, 2.24) is 0 Å². The zero-order valence-corrected chi connectivity index (χ0v) is 12.4. The summed E-state index contributed by atoms with van der Waals surface area (Å²) >= 11 is 0. The van der Waals surface area contributed by atoms with Gasteiger partial charge in [0.05, 0.1) is 4.92 Å². The van der Waals surface area contributed by atoms with Gasteiger partial charge in [0, 0.05) is 23.4 Å². The van der Waals surface area contributed by atoms with Crippen molar-refractivity contribution in [3.05, 3.63) is 75.3 Å². The number of benzene rings is 2. The zero-order chi connectivity index (χ0) is 16.1. The minimum Gasteiger partial charge on any atom is -0.322 e. The average Bonchev–Trinajstić information content (AvgIpc) is 2.46. The second kappa shape index (κ2) is 6.67. The predicted octanol–water partition coefficient (Wildman–Crippen LogP) is 3.86. The van der Waals surface area contributed by atoms with Gasteiger partial charge in [-0.2, -0.15) is 0 Å². The van der Waals surface area contributed by atoms with Crippen LogP contribution < -0.4 is 5.32 Å². The highest BCUT2D eigenvalue weighted by molar-refractivity contribution is 6.02. The summed E-state index contributed by atoms with van der Waals surface area (Å²) in [7, 11) is 0. The van der Waals surface area contributed by atoms with Crippen molar-refractivity contribution in [2.45, 2.75) is 13.8 Å². The lowest BCUT2D eigenvalue weighted by Crippen LogP contribution is -2.08. The van der Waals surface area contributed by atoms with Gasteiger partial charge in [-0.15, -0.1) is 0 Å². The van der Waals surface area contributed by atoms with Crippen molar-refractivity contribution >= 4 is 23.4 Å². The van der Waals surface area contributed by atoms with Crippen molar-refractivity contribution in [1.29, 1.82) is 0 Å². The zero-order valence-electron chi connectivity index (χ0n) is 12.4. The van der Waals surface area contributed by atoms with E-state index in [4.69, 9.17) is 0 Å². The predicted molar refractivity (Wildman–Crippen MR) is 86.7 cm³/mol. The van der Waals surface area contributed by atoms with Gasteiger partial charge in [0.2, 0.25) is 5.91 Å². The Labute approximate surface area is 128 Å². The number of carbonyl (C=O) groups excluding carboxylic acids is 1. The fraction of sp³-hybridized carbons (Fsp3) is 0.118. The molecule has 0 unspecified atom stereocenters. The van der Waals surface area contributed by atoms with E-state index >= 15 is 0 Å². The van der Waals surface area contributed by atoms with E-state index in [0.717, 1.165) is 11.1 Å². The molecule has 0 atom stereocenters. The topological polar surface area (TPSA) is 72.2 Å². The Kier molecular flexibility index (Phi) is 4.68. The minimum absolute atomic E-state index is 0.0354. The molecule has 0 bridgehead atoms. The van der Waals surface area contributed by atoms with Crippen LogP contribution in [0.1, 0.15) is 16.7 Å². The van der Waals surface area contributed by atoms with Crippen LogP contribution in [0, 0.1) is 24.0 Å². The molecule has 0 spiro atoms. The number of carbonyl (C=O) groups is 1. The first-order chi connectivity index (χ1) is 10.5. The molecule has 1 N–H and O–H groups in total. The molecule has 1 amide bonds. The summed E-state index contributed by atoms with van der Waals surface area (Å²) in [5.74, 6) is -0.283. The Balaban J connectivity index is 2.04. The SMILES string of the molecule is Cc1ccc(/C=C/C(=O)Nc2ccc([N+](=O)[O-])c(C)c2)cc1. The monoisotopic (exact) mass is 296 g/mol. The maximum Gasteiger partial charge on any atom is 0.272 e. The molecule has 0 aliphatic carbocycles. The summed E-state index contributed by atoms with van der Waals surface area (Å²) in [4.78, 5) is 22.2. The van der Waals surface area contributed by atoms with Crippen LogP contribution in [0.2, 0.25) is 0 Å². The van der Waals surface area contributed by atoms with E-state index in [1.165, 1.54) is 18.2 Å². The Morgan fingerprint density at radius 1 is 1.14 bits per heavy atom. The minimum atomic E-state index is -0.446. The molecule has 0 radical (unpaired) electrons. The second-order valence-electron chi connectivity index (χ2n) is 4.99. The number of rotatable bonds is 4. The van der Waals surface area contributed by atoms with Crippen LogP contribution in [0.3, 0.4) is 0 Å². The molecule has 0 aliphatic heterocycles. The third kappa shape index (κ3) is 4.02. The highest BCUT2D eigenvalue weighted by Gasteiger charge is 2.10. The lowest BCUT2D eigenvalue weighted by atomic mass is 10.1. The van der Waals surface area contributed by atoms with Crippen LogP contribution in [-0.2, 0) is 4.79 Å². The van der Waals surface area contributed by atoms with Crippen LogP contribution in [0.4, 0.5) is 11.4 Å².